The van der Waals surface area contributed by atoms with Gasteiger partial charge in [-0.15, -0.1) is 5.01 Å². The first-order valence-electron chi connectivity index (χ1n) is 9.53. The van der Waals surface area contributed by atoms with E-state index < -0.39 is 11.6 Å². The molecule has 1 aliphatic carbocycles. The van der Waals surface area contributed by atoms with E-state index >= 15 is 0 Å². The van der Waals surface area contributed by atoms with Gasteiger partial charge >= 0.3 is 6.03 Å². The summed E-state index contributed by atoms with van der Waals surface area (Å²) in [6.07, 6.45) is 7.51. The van der Waals surface area contributed by atoms with Gasteiger partial charge in [-0.25, -0.2) is 4.79 Å². The molecule has 5 nitrogen and oxygen atoms in total. The molecule has 2 fully saturated rings. The van der Waals surface area contributed by atoms with Crippen LogP contribution in [0.2, 0.25) is 0 Å². The highest BCUT2D eigenvalue weighted by Crippen LogP contribution is 2.36. The number of carbonyl (C=O) groups is 2. The molecule has 1 N–H and O–H groups in total. The number of hydrogen-bond donors (Lipinski definition) is 1. The summed E-state index contributed by atoms with van der Waals surface area (Å²) in [4.78, 5) is 26.1. The zero-order valence-electron chi connectivity index (χ0n) is 15.2. The van der Waals surface area contributed by atoms with E-state index in [0.717, 1.165) is 29.0 Å². The monoisotopic (exact) mass is 361 g/mol. The molecule has 0 bridgehead atoms. The van der Waals surface area contributed by atoms with E-state index in [1.807, 2.05) is 60.7 Å². The van der Waals surface area contributed by atoms with Crippen molar-refractivity contribution in [3.05, 3.63) is 71.8 Å². The third-order valence-corrected chi connectivity index (χ3v) is 5.46. The number of urea groups is 1. The molecule has 138 valence electrons. The van der Waals surface area contributed by atoms with Crippen LogP contribution in [0, 0.1) is 5.92 Å². The Morgan fingerprint density at radius 3 is 2.00 bits per heavy atom. The standard InChI is InChI=1S/C22H23N3O2/c26-20-22(18-12-6-2-7-13-18,19-14-8-3-9-15-19)24-21(27)25(20)23-16-17-10-4-1-5-11-17/h2-3,6-9,12-17H,1,4-5,10-11H2,(H,24,27)/b23-16-. The minimum absolute atomic E-state index is 0.336. The van der Waals surface area contributed by atoms with Crippen LogP contribution in [0.25, 0.3) is 0 Å². The molecule has 0 aromatic heterocycles. The van der Waals surface area contributed by atoms with Gasteiger partial charge in [-0.05, 0) is 29.9 Å². The Labute approximate surface area is 159 Å². The fourth-order valence-electron chi connectivity index (χ4n) is 4.00. The molecule has 2 aromatic carbocycles. The van der Waals surface area contributed by atoms with Crippen LogP contribution in [0.4, 0.5) is 4.79 Å². The predicted molar refractivity (Wildman–Crippen MR) is 104 cm³/mol. The maximum atomic E-state index is 13.4. The second kappa shape index (κ2) is 7.35. The normalized spacial score (nSPS) is 20.2. The number of hydrazone groups is 1. The quantitative estimate of drug-likeness (QED) is 0.660. The first-order valence-corrected chi connectivity index (χ1v) is 9.53. The third-order valence-electron chi connectivity index (χ3n) is 5.46. The van der Waals surface area contributed by atoms with Crippen LogP contribution in [0.1, 0.15) is 43.2 Å². The van der Waals surface area contributed by atoms with E-state index in [9.17, 15) is 9.59 Å². The van der Waals surface area contributed by atoms with Crippen molar-refractivity contribution in [3.8, 4) is 0 Å². The minimum Gasteiger partial charge on any atom is -0.314 e. The Bertz CT molecular complexity index is 803. The maximum absolute atomic E-state index is 13.4. The van der Waals surface area contributed by atoms with E-state index in [4.69, 9.17) is 0 Å². The van der Waals surface area contributed by atoms with E-state index in [0.29, 0.717) is 5.92 Å². The largest absolute Gasteiger partial charge is 0.346 e. The fourth-order valence-corrected chi connectivity index (χ4v) is 4.00. The zero-order chi connectivity index (χ0) is 18.7. The lowest BCUT2D eigenvalue weighted by Crippen LogP contribution is -2.44. The molecule has 2 aromatic rings. The molecular weight excluding hydrogens is 338 g/mol. The van der Waals surface area contributed by atoms with Crippen molar-refractivity contribution in [2.75, 3.05) is 0 Å². The van der Waals surface area contributed by atoms with Gasteiger partial charge in [0.1, 0.15) is 0 Å². The molecule has 1 saturated carbocycles. The molecule has 27 heavy (non-hydrogen) atoms. The second-order valence-corrected chi connectivity index (χ2v) is 7.19. The minimum atomic E-state index is -1.25. The first kappa shape index (κ1) is 17.5. The van der Waals surface area contributed by atoms with E-state index in [-0.39, 0.29) is 5.91 Å². The molecule has 1 aliphatic heterocycles. The van der Waals surface area contributed by atoms with Gasteiger partial charge in [0.25, 0.3) is 5.91 Å². The summed E-state index contributed by atoms with van der Waals surface area (Å²) in [6, 6.07) is 18.2. The zero-order valence-corrected chi connectivity index (χ0v) is 15.2. The number of nitrogens with one attached hydrogen (secondary N) is 1. The van der Waals surface area contributed by atoms with Gasteiger partial charge in [0.05, 0.1) is 0 Å². The molecule has 2 aliphatic rings. The van der Waals surface area contributed by atoms with Gasteiger partial charge in [0.15, 0.2) is 5.54 Å². The van der Waals surface area contributed by atoms with Gasteiger partial charge in [-0.2, -0.15) is 5.10 Å². The molecule has 1 saturated heterocycles. The van der Waals surface area contributed by atoms with Gasteiger partial charge in [0.2, 0.25) is 0 Å². The van der Waals surface area contributed by atoms with Crippen molar-refractivity contribution in [1.29, 1.82) is 0 Å². The molecule has 5 heteroatoms. The summed E-state index contributed by atoms with van der Waals surface area (Å²) in [6.45, 7) is 0. The van der Waals surface area contributed by atoms with Crippen LogP contribution in [-0.2, 0) is 10.3 Å². The SMILES string of the molecule is O=C1NC(c2ccccc2)(c2ccccc2)C(=O)N1/N=C\C1CCCCC1. The molecule has 0 spiro atoms. The molecular formula is C22H23N3O2. The smallest absolute Gasteiger partial charge is 0.314 e. The molecule has 0 radical (unpaired) electrons. The Hall–Kier alpha value is -2.95. The average molecular weight is 361 g/mol. The number of rotatable bonds is 4. The van der Waals surface area contributed by atoms with Gasteiger partial charge in [0, 0.05) is 6.21 Å². The number of hydrogen-bond acceptors (Lipinski definition) is 3. The number of imide groups is 1. The molecule has 1 heterocycles. The van der Waals surface area contributed by atoms with Crippen LogP contribution >= 0.6 is 0 Å². The number of carbonyl (C=O) groups excluding carboxylic acids is 2. The van der Waals surface area contributed by atoms with Crippen LogP contribution in [0.5, 0.6) is 0 Å². The highest BCUT2D eigenvalue weighted by atomic mass is 16.2. The van der Waals surface area contributed by atoms with Crippen molar-refractivity contribution in [2.45, 2.75) is 37.6 Å². The lowest BCUT2D eigenvalue weighted by molar-refractivity contribution is -0.130. The lowest BCUT2D eigenvalue weighted by atomic mass is 9.83. The summed E-state index contributed by atoms with van der Waals surface area (Å²) >= 11 is 0. The maximum Gasteiger partial charge on any atom is 0.346 e. The fraction of sp³-hybridized carbons (Fsp3) is 0.318. The molecule has 0 unspecified atom stereocenters. The van der Waals surface area contributed by atoms with E-state index in [2.05, 4.69) is 10.4 Å². The Morgan fingerprint density at radius 1 is 0.889 bits per heavy atom. The van der Waals surface area contributed by atoms with Crippen molar-refractivity contribution in [2.24, 2.45) is 11.0 Å². The topological polar surface area (TPSA) is 61.8 Å². The van der Waals surface area contributed by atoms with Gasteiger partial charge in [-0.1, -0.05) is 79.9 Å². The summed E-state index contributed by atoms with van der Waals surface area (Å²) < 4.78 is 0. The third kappa shape index (κ3) is 3.14. The van der Waals surface area contributed by atoms with Crippen LogP contribution in [-0.4, -0.2) is 23.2 Å². The van der Waals surface area contributed by atoms with Crippen LogP contribution in [0.3, 0.4) is 0 Å². The molecule has 3 amide bonds. The van der Waals surface area contributed by atoms with Gasteiger partial charge < -0.3 is 5.32 Å². The van der Waals surface area contributed by atoms with Crippen molar-refractivity contribution in [1.82, 2.24) is 10.3 Å². The predicted octanol–water partition coefficient (Wildman–Crippen LogP) is 4.05. The molecule has 4 rings (SSSR count). The van der Waals surface area contributed by atoms with Crippen molar-refractivity contribution >= 4 is 18.2 Å². The Balaban J connectivity index is 1.71. The average Bonchev–Trinajstić information content (AvgIpc) is 2.99. The summed E-state index contributed by atoms with van der Waals surface area (Å²) in [5.41, 5.74) is 0.207. The summed E-state index contributed by atoms with van der Waals surface area (Å²) in [5, 5.41) is 8.21. The number of amides is 3. The van der Waals surface area contributed by atoms with Gasteiger partial charge in [-0.3, -0.25) is 4.79 Å². The van der Waals surface area contributed by atoms with Crippen molar-refractivity contribution < 1.29 is 9.59 Å². The second-order valence-electron chi connectivity index (χ2n) is 7.19. The van der Waals surface area contributed by atoms with Crippen LogP contribution in [0.15, 0.2) is 65.8 Å². The summed E-state index contributed by atoms with van der Waals surface area (Å²) in [7, 11) is 0. The van der Waals surface area contributed by atoms with Crippen molar-refractivity contribution in [3.63, 3.8) is 0 Å². The lowest BCUT2D eigenvalue weighted by Gasteiger charge is -2.27. The highest BCUT2D eigenvalue weighted by Gasteiger charge is 2.54. The number of nitrogens with zero attached hydrogens (tertiary/aromatic N) is 2. The molecule has 0 atom stereocenters. The van der Waals surface area contributed by atoms with Crippen LogP contribution < -0.4 is 5.32 Å². The number of benzene rings is 2. The van der Waals surface area contributed by atoms with E-state index in [1.165, 1.54) is 19.3 Å². The first-order chi connectivity index (χ1) is 13.2. The summed E-state index contributed by atoms with van der Waals surface area (Å²) in [5.74, 6) is -0.0280. The highest BCUT2D eigenvalue weighted by molar-refractivity contribution is 6.09. The Kier molecular flexibility index (Phi) is 4.75. The Morgan fingerprint density at radius 2 is 1.44 bits per heavy atom. The van der Waals surface area contributed by atoms with E-state index in [1.54, 1.807) is 6.21 Å².